The standard InChI is InChI=1S/C14H26N6O.HI/c1-4-15-14(16-7-8-21)17-11-5-6-12-18-19-13(10(2)3)20(12)9-11;/h10-11,21H,4-9H2,1-3H3,(H2,15,16,17);1H. The summed E-state index contributed by atoms with van der Waals surface area (Å²) in [5.74, 6) is 3.27. The van der Waals surface area contributed by atoms with Crippen LogP contribution in [0.4, 0.5) is 0 Å². The van der Waals surface area contributed by atoms with Gasteiger partial charge in [0.15, 0.2) is 5.96 Å². The molecule has 22 heavy (non-hydrogen) atoms. The molecule has 0 saturated heterocycles. The third-order valence-electron chi connectivity index (χ3n) is 3.55. The molecule has 0 fully saturated rings. The van der Waals surface area contributed by atoms with Crippen LogP contribution in [0, 0.1) is 0 Å². The van der Waals surface area contributed by atoms with Crippen LogP contribution < -0.4 is 10.6 Å². The highest BCUT2D eigenvalue weighted by Crippen LogP contribution is 2.19. The van der Waals surface area contributed by atoms with Gasteiger partial charge in [-0.1, -0.05) is 13.8 Å². The zero-order chi connectivity index (χ0) is 15.2. The first-order valence-electron chi connectivity index (χ1n) is 7.73. The van der Waals surface area contributed by atoms with E-state index in [0.717, 1.165) is 43.5 Å². The average molecular weight is 422 g/mol. The molecule has 0 aromatic carbocycles. The molecule has 1 aliphatic rings. The van der Waals surface area contributed by atoms with Gasteiger partial charge in [0.1, 0.15) is 11.6 Å². The molecule has 0 spiro atoms. The highest BCUT2D eigenvalue weighted by molar-refractivity contribution is 14.0. The fourth-order valence-electron chi connectivity index (χ4n) is 2.57. The van der Waals surface area contributed by atoms with E-state index >= 15 is 0 Å². The number of aliphatic hydroxyl groups excluding tert-OH is 1. The SMILES string of the molecule is CCNC(=NCCO)NC1CCc2nnc(C(C)C)n2C1.I. The number of rotatable bonds is 5. The summed E-state index contributed by atoms with van der Waals surface area (Å²) in [6.45, 7) is 8.46. The van der Waals surface area contributed by atoms with E-state index in [0.29, 0.717) is 18.5 Å². The first-order valence-corrected chi connectivity index (χ1v) is 7.73. The number of guanidine groups is 1. The predicted molar refractivity (Wildman–Crippen MR) is 97.8 cm³/mol. The van der Waals surface area contributed by atoms with Crippen LogP contribution >= 0.6 is 24.0 Å². The van der Waals surface area contributed by atoms with Gasteiger partial charge in [-0.3, -0.25) is 4.99 Å². The number of fused-ring (bicyclic) bond motifs is 1. The van der Waals surface area contributed by atoms with E-state index in [1.807, 2.05) is 6.92 Å². The fourth-order valence-corrected chi connectivity index (χ4v) is 2.57. The summed E-state index contributed by atoms with van der Waals surface area (Å²) >= 11 is 0. The van der Waals surface area contributed by atoms with E-state index in [4.69, 9.17) is 5.11 Å². The van der Waals surface area contributed by atoms with E-state index in [-0.39, 0.29) is 30.6 Å². The maximum atomic E-state index is 8.91. The Kier molecular flexibility index (Phi) is 8.08. The van der Waals surface area contributed by atoms with Gasteiger partial charge >= 0.3 is 0 Å². The van der Waals surface area contributed by atoms with Crippen molar-refractivity contribution < 1.29 is 5.11 Å². The number of hydrogen-bond donors (Lipinski definition) is 3. The molecule has 2 rings (SSSR count). The van der Waals surface area contributed by atoms with Crippen molar-refractivity contribution in [3.63, 3.8) is 0 Å². The molecule has 8 heteroatoms. The molecular formula is C14H27IN6O. The summed E-state index contributed by atoms with van der Waals surface area (Å²) in [4.78, 5) is 4.33. The zero-order valence-corrected chi connectivity index (χ0v) is 15.9. The molecule has 0 aliphatic carbocycles. The Labute approximate surface area is 149 Å². The third-order valence-corrected chi connectivity index (χ3v) is 3.55. The molecule has 2 heterocycles. The second-order valence-electron chi connectivity index (χ2n) is 5.60. The van der Waals surface area contributed by atoms with Gasteiger partial charge in [-0.25, -0.2) is 0 Å². The second kappa shape index (κ2) is 9.29. The molecule has 1 aliphatic heterocycles. The monoisotopic (exact) mass is 422 g/mol. The first-order chi connectivity index (χ1) is 10.2. The Morgan fingerprint density at radius 1 is 1.45 bits per heavy atom. The molecule has 7 nitrogen and oxygen atoms in total. The number of hydrogen-bond acceptors (Lipinski definition) is 4. The minimum Gasteiger partial charge on any atom is -0.394 e. The van der Waals surface area contributed by atoms with Crippen LogP contribution in [0.25, 0.3) is 0 Å². The van der Waals surface area contributed by atoms with E-state index in [9.17, 15) is 0 Å². The molecule has 126 valence electrons. The van der Waals surface area contributed by atoms with Gasteiger partial charge in [-0.15, -0.1) is 34.2 Å². The van der Waals surface area contributed by atoms with E-state index in [2.05, 4.69) is 44.2 Å². The first kappa shape index (κ1) is 19.1. The highest BCUT2D eigenvalue weighted by atomic mass is 127. The lowest BCUT2D eigenvalue weighted by molar-refractivity contribution is 0.306. The van der Waals surface area contributed by atoms with Gasteiger partial charge in [0.2, 0.25) is 0 Å². The van der Waals surface area contributed by atoms with Crippen molar-refractivity contribution >= 4 is 29.9 Å². The van der Waals surface area contributed by atoms with Crippen LogP contribution in [0.3, 0.4) is 0 Å². The van der Waals surface area contributed by atoms with Crippen molar-refractivity contribution in [2.45, 2.75) is 52.1 Å². The lowest BCUT2D eigenvalue weighted by Gasteiger charge is -2.27. The van der Waals surface area contributed by atoms with Gasteiger partial charge in [0.05, 0.1) is 13.2 Å². The number of nitrogens with zero attached hydrogens (tertiary/aromatic N) is 4. The number of aliphatic imine (C=N–C) groups is 1. The van der Waals surface area contributed by atoms with Crippen molar-refractivity contribution in [1.29, 1.82) is 0 Å². The molecule has 1 atom stereocenters. The molecule has 1 aromatic heterocycles. The van der Waals surface area contributed by atoms with Gasteiger partial charge in [-0.2, -0.15) is 0 Å². The highest BCUT2D eigenvalue weighted by Gasteiger charge is 2.24. The Morgan fingerprint density at radius 2 is 2.23 bits per heavy atom. The number of halogens is 1. The average Bonchev–Trinajstić information content (AvgIpc) is 2.88. The molecular weight excluding hydrogens is 395 g/mol. The quantitative estimate of drug-likeness (QED) is 0.373. The molecule has 0 radical (unpaired) electrons. The van der Waals surface area contributed by atoms with Crippen LogP contribution in [0.15, 0.2) is 4.99 Å². The van der Waals surface area contributed by atoms with Crippen molar-refractivity contribution in [2.75, 3.05) is 19.7 Å². The maximum Gasteiger partial charge on any atom is 0.191 e. The minimum absolute atomic E-state index is 0. The molecule has 1 aromatic rings. The number of aryl methyl sites for hydroxylation is 1. The molecule has 0 saturated carbocycles. The normalized spacial score (nSPS) is 17.9. The van der Waals surface area contributed by atoms with Gasteiger partial charge < -0.3 is 20.3 Å². The minimum atomic E-state index is 0. The third kappa shape index (κ3) is 4.80. The summed E-state index contributed by atoms with van der Waals surface area (Å²) in [7, 11) is 0. The fraction of sp³-hybridized carbons (Fsp3) is 0.786. The molecule has 0 amide bonds. The lowest BCUT2D eigenvalue weighted by atomic mass is 10.1. The van der Waals surface area contributed by atoms with Crippen LogP contribution in [0.1, 0.15) is 44.8 Å². The number of aromatic nitrogens is 3. The van der Waals surface area contributed by atoms with Gasteiger partial charge in [0.25, 0.3) is 0 Å². The zero-order valence-electron chi connectivity index (χ0n) is 13.5. The van der Waals surface area contributed by atoms with Crippen LogP contribution in [-0.2, 0) is 13.0 Å². The summed E-state index contributed by atoms with van der Waals surface area (Å²) in [5, 5.41) is 24.1. The Morgan fingerprint density at radius 3 is 2.86 bits per heavy atom. The number of aliphatic hydroxyl groups is 1. The second-order valence-corrected chi connectivity index (χ2v) is 5.60. The van der Waals surface area contributed by atoms with Gasteiger partial charge in [-0.05, 0) is 13.3 Å². The summed E-state index contributed by atoms with van der Waals surface area (Å²) in [5.41, 5.74) is 0. The molecule has 1 unspecified atom stereocenters. The lowest BCUT2D eigenvalue weighted by Crippen LogP contribution is -2.47. The van der Waals surface area contributed by atoms with Gasteiger partial charge in [0, 0.05) is 31.5 Å². The van der Waals surface area contributed by atoms with E-state index < -0.39 is 0 Å². The number of nitrogens with one attached hydrogen (secondary N) is 2. The Bertz CT molecular complexity index is 488. The van der Waals surface area contributed by atoms with Crippen LogP contribution in [0.2, 0.25) is 0 Å². The Hall–Kier alpha value is -0.900. The molecule has 3 N–H and O–H groups in total. The van der Waals surface area contributed by atoms with Crippen molar-refractivity contribution in [3.05, 3.63) is 11.6 Å². The maximum absolute atomic E-state index is 8.91. The van der Waals surface area contributed by atoms with Crippen LogP contribution in [-0.4, -0.2) is 51.6 Å². The smallest absolute Gasteiger partial charge is 0.191 e. The van der Waals surface area contributed by atoms with E-state index in [1.54, 1.807) is 0 Å². The summed E-state index contributed by atoms with van der Waals surface area (Å²) in [6, 6.07) is 0.308. The topological polar surface area (TPSA) is 87.4 Å². The van der Waals surface area contributed by atoms with Crippen molar-refractivity contribution in [1.82, 2.24) is 25.4 Å². The van der Waals surface area contributed by atoms with E-state index in [1.165, 1.54) is 0 Å². The summed E-state index contributed by atoms with van der Waals surface area (Å²) in [6.07, 6.45) is 1.94. The van der Waals surface area contributed by atoms with Crippen LogP contribution in [0.5, 0.6) is 0 Å². The molecule has 0 bridgehead atoms. The summed E-state index contributed by atoms with van der Waals surface area (Å²) < 4.78 is 2.22. The van der Waals surface area contributed by atoms with Crippen molar-refractivity contribution in [3.8, 4) is 0 Å². The Balaban J connectivity index is 0.00000242. The largest absolute Gasteiger partial charge is 0.394 e. The predicted octanol–water partition coefficient (Wildman–Crippen LogP) is 0.882. The van der Waals surface area contributed by atoms with Crippen molar-refractivity contribution in [2.24, 2.45) is 4.99 Å².